The molecule has 0 unspecified atom stereocenters. The Morgan fingerprint density at radius 2 is 1.71 bits per heavy atom. The summed E-state index contributed by atoms with van der Waals surface area (Å²) in [6.45, 7) is 0. The largest absolute Gasteiger partial charge is 0.382 e. The van der Waals surface area contributed by atoms with Crippen LogP contribution in [-0.2, 0) is 0 Å². The Labute approximate surface area is 138 Å². The fourth-order valence-corrected chi connectivity index (χ4v) is 2.63. The summed E-state index contributed by atoms with van der Waals surface area (Å²) in [5.74, 6) is 5.86. The molecule has 0 bridgehead atoms. The Morgan fingerprint density at radius 3 is 2.58 bits per heavy atom. The van der Waals surface area contributed by atoms with Gasteiger partial charge in [0.25, 0.3) is 0 Å². The molecule has 2 aromatic carbocycles. The first-order chi connectivity index (χ1) is 11.7. The lowest BCUT2D eigenvalue weighted by Gasteiger charge is -2.05. The molecule has 0 aliphatic rings. The fourth-order valence-electron chi connectivity index (χ4n) is 2.63. The Morgan fingerprint density at radius 1 is 0.917 bits per heavy atom. The van der Waals surface area contributed by atoms with E-state index in [1.165, 1.54) is 6.07 Å². The lowest BCUT2D eigenvalue weighted by atomic mass is 10.1. The maximum Gasteiger partial charge on any atom is 0.150 e. The molecular weight excluding hydrogens is 301 g/mol. The quantitative estimate of drug-likeness (QED) is 0.395. The van der Waals surface area contributed by atoms with Gasteiger partial charge >= 0.3 is 0 Å². The van der Waals surface area contributed by atoms with Crippen molar-refractivity contribution in [1.29, 1.82) is 0 Å². The summed E-state index contributed by atoms with van der Waals surface area (Å²) in [4.78, 5) is 8.75. The number of hydrogen-bond acceptors (Lipinski definition) is 3. The van der Waals surface area contributed by atoms with Crippen LogP contribution in [0.2, 0.25) is 0 Å². The van der Waals surface area contributed by atoms with E-state index in [1.807, 2.05) is 30.3 Å². The minimum atomic E-state index is -0.336. The predicted octanol–water partition coefficient (Wildman–Crippen LogP) is 3.90. The number of nitrogens with zero attached hydrogens (tertiary/aromatic N) is 2. The molecule has 0 saturated heterocycles. The number of benzene rings is 2. The first-order valence-electron chi connectivity index (χ1n) is 7.43. The van der Waals surface area contributed by atoms with E-state index in [1.54, 1.807) is 24.4 Å². The van der Waals surface area contributed by atoms with Crippen LogP contribution in [0.15, 0.2) is 60.8 Å². The van der Waals surface area contributed by atoms with Gasteiger partial charge in [-0.3, -0.25) is 4.98 Å². The van der Waals surface area contributed by atoms with Gasteiger partial charge in [-0.1, -0.05) is 42.2 Å². The monoisotopic (exact) mass is 313 g/mol. The van der Waals surface area contributed by atoms with Crippen molar-refractivity contribution in [2.75, 3.05) is 5.73 Å². The number of fused-ring (bicyclic) bond motifs is 3. The normalized spacial score (nSPS) is 10.5. The van der Waals surface area contributed by atoms with E-state index in [9.17, 15) is 4.39 Å². The molecule has 3 nitrogen and oxygen atoms in total. The van der Waals surface area contributed by atoms with Crippen LogP contribution in [0.1, 0.15) is 11.1 Å². The zero-order valence-corrected chi connectivity index (χ0v) is 12.6. The van der Waals surface area contributed by atoms with Gasteiger partial charge in [0.2, 0.25) is 0 Å². The molecule has 0 radical (unpaired) electrons. The molecular formula is C20H12FN3. The van der Waals surface area contributed by atoms with Gasteiger partial charge in [-0.2, -0.15) is 0 Å². The van der Waals surface area contributed by atoms with Crippen molar-refractivity contribution in [3.05, 3.63) is 77.7 Å². The molecule has 4 aromatic rings. The van der Waals surface area contributed by atoms with E-state index in [4.69, 9.17) is 5.73 Å². The second kappa shape index (κ2) is 5.64. The van der Waals surface area contributed by atoms with Crippen LogP contribution < -0.4 is 5.73 Å². The maximum atomic E-state index is 13.7. The van der Waals surface area contributed by atoms with Gasteiger partial charge in [-0.05, 0) is 24.3 Å². The lowest BCUT2D eigenvalue weighted by Crippen LogP contribution is -1.95. The third kappa shape index (κ3) is 2.42. The number of anilines is 1. The average molecular weight is 313 g/mol. The minimum absolute atomic E-state index is 0.336. The van der Waals surface area contributed by atoms with Crippen molar-refractivity contribution in [1.82, 2.24) is 9.97 Å². The highest BCUT2D eigenvalue weighted by Crippen LogP contribution is 2.26. The molecule has 0 aliphatic heterocycles. The van der Waals surface area contributed by atoms with E-state index < -0.39 is 0 Å². The average Bonchev–Trinajstić information content (AvgIpc) is 2.61. The summed E-state index contributed by atoms with van der Waals surface area (Å²) >= 11 is 0. The number of rotatable bonds is 0. The maximum absolute atomic E-state index is 13.7. The molecule has 0 atom stereocenters. The summed E-state index contributed by atoms with van der Waals surface area (Å²) < 4.78 is 13.7. The van der Waals surface area contributed by atoms with Crippen molar-refractivity contribution < 1.29 is 4.39 Å². The minimum Gasteiger partial charge on any atom is -0.382 e. The van der Waals surface area contributed by atoms with E-state index in [0.717, 1.165) is 16.3 Å². The van der Waals surface area contributed by atoms with Crippen LogP contribution >= 0.6 is 0 Å². The van der Waals surface area contributed by atoms with Gasteiger partial charge < -0.3 is 5.73 Å². The van der Waals surface area contributed by atoms with E-state index in [0.29, 0.717) is 22.5 Å². The third-order valence-corrected chi connectivity index (χ3v) is 3.78. The first kappa shape index (κ1) is 14.2. The molecule has 0 fully saturated rings. The molecule has 0 saturated carbocycles. The molecule has 2 heterocycles. The van der Waals surface area contributed by atoms with Crippen molar-refractivity contribution in [2.45, 2.75) is 0 Å². The van der Waals surface area contributed by atoms with E-state index >= 15 is 0 Å². The fraction of sp³-hybridized carbons (Fsp3) is 0. The summed E-state index contributed by atoms with van der Waals surface area (Å²) in [7, 11) is 0. The molecule has 0 amide bonds. The van der Waals surface area contributed by atoms with Gasteiger partial charge in [0.1, 0.15) is 11.3 Å². The number of hydrogen-bond donors (Lipinski definition) is 1. The molecule has 4 heteroatoms. The summed E-state index contributed by atoms with van der Waals surface area (Å²) in [6.07, 6.45) is 1.63. The highest BCUT2D eigenvalue weighted by atomic mass is 19.1. The summed E-state index contributed by atoms with van der Waals surface area (Å²) in [6, 6.07) is 16.1. The van der Waals surface area contributed by atoms with Gasteiger partial charge in [0.15, 0.2) is 5.82 Å². The first-order valence-corrected chi connectivity index (χ1v) is 7.43. The SMILES string of the molecule is Nc1nc2ccccc2c2cc(C#Cc3ccccc3F)cnc12. The number of halogens is 1. The standard InChI is InChI=1S/C20H12FN3/c21-17-7-3-1-5-14(17)10-9-13-11-16-15-6-2-4-8-18(15)24-20(22)19(16)23-12-13/h1-8,11-12H,(H2,22,24). The Kier molecular flexibility index (Phi) is 3.33. The molecule has 2 aromatic heterocycles. The summed E-state index contributed by atoms with van der Waals surface area (Å²) in [5.41, 5.74) is 8.50. The number of pyridine rings is 2. The Balaban J connectivity index is 1.90. The molecule has 114 valence electrons. The highest BCUT2D eigenvalue weighted by molar-refractivity contribution is 6.08. The third-order valence-electron chi connectivity index (χ3n) is 3.78. The molecule has 0 spiro atoms. The van der Waals surface area contributed by atoms with Crippen molar-refractivity contribution in [3.8, 4) is 11.8 Å². The molecule has 2 N–H and O–H groups in total. The van der Waals surface area contributed by atoms with Crippen molar-refractivity contribution in [2.24, 2.45) is 0 Å². The van der Waals surface area contributed by atoms with Crippen LogP contribution in [0.5, 0.6) is 0 Å². The zero-order chi connectivity index (χ0) is 16.5. The van der Waals surface area contributed by atoms with Crippen LogP contribution in [0, 0.1) is 17.7 Å². The van der Waals surface area contributed by atoms with Crippen molar-refractivity contribution >= 4 is 27.6 Å². The number of para-hydroxylation sites is 1. The van der Waals surface area contributed by atoms with Gasteiger partial charge in [0, 0.05) is 22.5 Å². The van der Waals surface area contributed by atoms with Crippen LogP contribution in [0.3, 0.4) is 0 Å². The van der Waals surface area contributed by atoms with Gasteiger partial charge in [-0.25, -0.2) is 9.37 Å². The molecule has 0 aliphatic carbocycles. The Bertz CT molecular complexity index is 1140. The molecule has 24 heavy (non-hydrogen) atoms. The number of nitrogens with two attached hydrogens (primary N) is 1. The zero-order valence-electron chi connectivity index (χ0n) is 12.6. The highest BCUT2D eigenvalue weighted by Gasteiger charge is 2.07. The second-order valence-corrected chi connectivity index (χ2v) is 5.36. The van der Waals surface area contributed by atoms with E-state index in [-0.39, 0.29) is 5.82 Å². The topological polar surface area (TPSA) is 51.8 Å². The number of nitrogen functional groups attached to an aromatic ring is 1. The van der Waals surface area contributed by atoms with Gasteiger partial charge in [0.05, 0.1) is 11.1 Å². The van der Waals surface area contributed by atoms with E-state index in [2.05, 4.69) is 21.8 Å². The smallest absolute Gasteiger partial charge is 0.150 e. The van der Waals surface area contributed by atoms with Crippen molar-refractivity contribution in [3.63, 3.8) is 0 Å². The second-order valence-electron chi connectivity index (χ2n) is 5.36. The lowest BCUT2D eigenvalue weighted by molar-refractivity contribution is 0.624. The van der Waals surface area contributed by atoms with Crippen LogP contribution in [0.4, 0.5) is 10.2 Å². The van der Waals surface area contributed by atoms with Gasteiger partial charge in [-0.15, -0.1) is 0 Å². The number of aromatic nitrogens is 2. The van der Waals surface area contributed by atoms with Crippen LogP contribution in [0.25, 0.3) is 21.8 Å². The summed E-state index contributed by atoms with van der Waals surface area (Å²) in [5, 5.41) is 1.85. The predicted molar refractivity (Wildman–Crippen MR) is 93.8 cm³/mol. The molecule has 4 rings (SSSR count). The Hall–Kier alpha value is -3.45. The van der Waals surface area contributed by atoms with Crippen LogP contribution in [-0.4, -0.2) is 9.97 Å².